The molecule has 40 heavy (non-hydrogen) atoms. The number of nitrogens with zero attached hydrogens (tertiary/aromatic N) is 1. The highest BCUT2D eigenvalue weighted by atomic mass is 16.5. The summed E-state index contributed by atoms with van der Waals surface area (Å²) in [4.78, 5) is 51.5. The van der Waals surface area contributed by atoms with Gasteiger partial charge in [-0.15, -0.1) is 0 Å². The van der Waals surface area contributed by atoms with Gasteiger partial charge in [0.1, 0.15) is 11.1 Å². The number of carbonyl (C=O) groups is 3. The molecule has 3 aromatic rings. The van der Waals surface area contributed by atoms with Crippen LogP contribution < -0.4 is 21.2 Å². The third-order valence-corrected chi connectivity index (χ3v) is 5.97. The Morgan fingerprint density at radius 3 is 2.40 bits per heavy atom. The minimum Gasteiger partial charge on any atom is -0.462 e. The summed E-state index contributed by atoms with van der Waals surface area (Å²) in [6, 6.07) is 13.7. The Morgan fingerprint density at radius 1 is 1.02 bits per heavy atom. The average molecular weight is 548 g/mol. The lowest BCUT2D eigenvalue weighted by molar-refractivity contribution is -0.138. The van der Waals surface area contributed by atoms with E-state index in [0.717, 1.165) is 24.3 Å². The van der Waals surface area contributed by atoms with Crippen molar-refractivity contribution in [2.75, 3.05) is 43.1 Å². The summed E-state index contributed by atoms with van der Waals surface area (Å²) in [6.07, 6.45) is 4.55. The molecule has 0 bridgehead atoms. The molecule has 0 atom stereocenters. The number of aliphatic hydroxyl groups excluding tert-OH is 1. The first-order valence-electron chi connectivity index (χ1n) is 13.0. The molecule has 2 amide bonds. The van der Waals surface area contributed by atoms with Crippen molar-refractivity contribution in [2.24, 2.45) is 0 Å². The first-order valence-corrected chi connectivity index (χ1v) is 13.0. The Hall–Kier alpha value is -4.70. The number of anilines is 2. The number of fused-ring (bicyclic) bond motifs is 1. The largest absolute Gasteiger partial charge is 0.462 e. The van der Waals surface area contributed by atoms with E-state index in [1.165, 1.54) is 18.2 Å². The summed E-state index contributed by atoms with van der Waals surface area (Å²) in [6.45, 7) is 6.93. The van der Waals surface area contributed by atoms with E-state index < -0.39 is 23.4 Å². The maximum atomic E-state index is 12.6. The molecule has 10 heteroatoms. The zero-order valence-electron chi connectivity index (χ0n) is 22.7. The van der Waals surface area contributed by atoms with Gasteiger partial charge in [-0.2, -0.15) is 0 Å². The van der Waals surface area contributed by atoms with Crippen molar-refractivity contribution in [1.82, 2.24) is 5.32 Å². The van der Waals surface area contributed by atoms with Crippen molar-refractivity contribution in [2.45, 2.75) is 20.8 Å². The average Bonchev–Trinajstić information content (AvgIpc) is 2.95. The highest BCUT2D eigenvalue weighted by molar-refractivity contribution is 6.00. The van der Waals surface area contributed by atoms with Crippen LogP contribution in [0, 0.1) is 0 Å². The molecule has 0 radical (unpaired) electrons. The van der Waals surface area contributed by atoms with Crippen molar-refractivity contribution in [1.29, 1.82) is 0 Å². The number of hydrogen-bond donors (Lipinski definition) is 3. The highest BCUT2D eigenvalue weighted by Gasteiger charge is 2.16. The lowest BCUT2D eigenvalue weighted by Gasteiger charge is -2.21. The van der Waals surface area contributed by atoms with Crippen LogP contribution in [0.5, 0.6) is 0 Å². The summed E-state index contributed by atoms with van der Waals surface area (Å²) in [5.74, 6) is -1.74. The predicted octanol–water partition coefficient (Wildman–Crippen LogP) is 3.50. The summed E-state index contributed by atoms with van der Waals surface area (Å²) < 4.78 is 10.3. The molecule has 3 N–H and O–H groups in total. The maximum absolute atomic E-state index is 12.6. The number of amides is 2. The fourth-order valence-corrected chi connectivity index (χ4v) is 3.90. The van der Waals surface area contributed by atoms with Crippen LogP contribution in [0.1, 0.15) is 36.7 Å². The minimum absolute atomic E-state index is 0.190. The van der Waals surface area contributed by atoms with Gasteiger partial charge in [-0.25, -0.2) is 9.59 Å². The highest BCUT2D eigenvalue weighted by Crippen LogP contribution is 2.22. The van der Waals surface area contributed by atoms with E-state index >= 15 is 0 Å². The number of carbonyl (C=O) groups excluding carboxylic acids is 3. The molecule has 1 aromatic heterocycles. The molecule has 0 saturated carbocycles. The van der Waals surface area contributed by atoms with Gasteiger partial charge in [-0.05, 0) is 68.8 Å². The first-order chi connectivity index (χ1) is 19.3. The Bertz CT molecular complexity index is 1470. The van der Waals surface area contributed by atoms with E-state index in [-0.39, 0.29) is 30.9 Å². The zero-order valence-corrected chi connectivity index (χ0v) is 22.7. The molecule has 10 nitrogen and oxygen atoms in total. The molecule has 210 valence electrons. The molecule has 0 aliphatic carbocycles. The van der Waals surface area contributed by atoms with E-state index in [1.807, 2.05) is 19.9 Å². The second-order valence-electron chi connectivity index (χ2n) is 8.59. The first kappa shape index (κ1) is 29.9. The fourth-order valence-electron chi connectivity index (χ4n) is 3.90. The Labute approximate surface area is 231 Å². The quantitative estimate of drug-likeness (QED) is 0.136. The molecular weight excluding hydrogens is 514 g/mol. The number of aliphatic hydroxyl groups is 1. The van der Waals surface area contributed by atoms with Crippen LogP contribution in [0.25, 0.3) is 17.0 Å². The lowest BCUT2D eigenvalue weighted by atomic mass is 10.1. The molecular formula is C30H33N3O7. The van der Waals surface area contributed by atoms with Gasteiger partial charge in [0.2, 0.25) is 5.91 Å². The van der Waals surface area contributed by atoms with E-state index in [2.05, 4.69) is 15.5 Å². The molecule has 0 aliphatic rings. The van der Waals surface area contributed by atoms with Crippen molar-refractivity contribution >= 4 is 46.2 Å². The van der Waals surface area contributed by atoms with Gasteiger partial charge in [0, 0.05) is 35.9 Å². The zero-order chi connectivity index (χ0) is 29.1. The fraction of sp³-hybridized carbons (Fsp3) is 0.267. The molecule has 1 heterocycles. The molecule has 0 fully saturated rings. The molecule has 0 spiro atoms. The van der Waals surface area contributed by atoms with E-state index in [9.17, 15) is 19.2 Å². The van der Waals surface area contributed by atoms with Crippen LogP contribution >= 0.6 is 0 Å². The lowest BCUT2D eigenvalue weighted by Crippen LogP contribution is -2.35. The minimum atomic E-state index is -0.786. The number of esters is 1. The summed E-state index contributed by atoms with van der Waals surface area (Å²) in [7, 11) is 0. The van der Waals surface area contributed by atoms with Crippen LogP contribution in [0.2, 0.25) is 0 Å². The Balaban J connectivity index is 1.59. The van der Waals surface area contributed by atoms with Gasteiger partial charge in [0.25, 0.3) is 5.91 Å². The van der Waals surface area contributed by atoms with Crippen LogP contribution in [0.4, 0.5) is 11.4 Å². The normalized spacial score (nSPS) is 11.4. The molecule has 2 aromatic carbocycles. The third-order valence-electron chi connectivity index (χ3n) is 5.97. The monoisotopic (exact) mass is 547 g/mol. The molecule has 0 saturated heterocycles. The van der Waals surface area contributed by atoms with Crippen LogP contribution in [0.3, 0.4) is 0 Å². The second kappa shape index (κ2) is 14.5. The van der Waals surface area contributed by atoms with Crippen LogP contribution in [-0.2, 0) is 14.3 Å². The van der Waals surface area contributed by atoms with Gasteiger partial charge in [0.05, 0.1) is 25.3 Å². The van der Waals surface area contributed by atoms with Gasteiger partial charge < -0.3 is 29.8 Å². The number of ether oxygens (including phenoxy) is 1. The van der Waals surface area contributed by atoms with E-state index in [0.29, 0.717) is 16.7 Å². The number of benzene rings is 2. The van der Waals surface area contributed by atoms with Gasteiger partial charge in [-0.3, -0.25) is 9.59 Å². The maximum Gasteiger partial charge on any atom is 0.349 e. The summed E-state index contributed by atoms with van der Waals surface area (Å²) in [5, 5.41) is 14.8. The standard InChI is InChI=1S/C30H33N3O7/c1-4-33(5-2)24-14-11-22-17-25(30(38)40-26(22)18-24)28(36)31-19-27(35)32-23-12-8-20(9-13-23)7-10-21(15-16-34)29(37)39-6-3/h7-15,17-18,34H,4-6,16,19H2,1-3H3,(H,31,36)(H,32,35)/b10-7+,21-15+. The van der Waals surface area contributed by atoms with Crippen molar-refractivity contribution in [3.63, 3.8) is 0 Å². The van der Waals surface area contributed by atoms with Gasteiger partial charge in [-0.1, -0.05) is 18.2 Å². The predicted molar refractivity (Wildman–Crippen MR) is 154 cm³/mol. The second-order valence-corrected chi connectivity index (χ2v) is 8.59. The summed E-state index contributed by atoms with van der Waals surface area (Å²) in [5.41, 5.74) is 1.77. The SMILES string of the molecule is CCOC(=O)C(/C=C/c1ccc(NC(=O)CNC(=O)c2cc3ccc(N(CC)CC)cc3oc2=O)cc1)=C/CO. The molecule has 0 unspecified atom stereocenters. The topological polar surface area (TPSA) is 138 Å². The van der Waals surface area contributed by atoms with Crippen LogP contribution in [0.15, 0.2) is 75.5 Å². The number of rotatable bonds is 12. The van der Waals surface area contributed by atoms with E-state index in [1.54, 1.807) is 49.4 Å². The van der Waals surface area contributed by atoms with E-state index in [4.69, 9.17) is 14.3 Å². The third kappa shape index (κ3) is 7.90. The Kier molecular flexibility index (Phi) is 10.8. The molecule has 0 aliphatic heterocycles. The van der Waals surface area contributed by atoms with Crippen LogP contribution in [-0.4, -0.2) is 55.7 Å². The van der Waals surface area contributed by atoms with Crippen molar-refractivity contribution in [3.8, 4) is 0 Å². The number of nitrogens with one attached hydrogen (secondary N) is 2. The Morgan fingerprint density at radius 2 is 1.75 bits per heavy atom. The van der Waals surface area contributed by atoms with Crippen molar-refractivity contribution in [3.05, 3.63) is 87.8 Å². The van der Waals surface area contributed by atoms with Crippen molar-refractivity contribution < 1.29 is 28.6 Å². The van der Waals surface area contributed by atoms with Gasteiger partial charge >= 0.3 is 11.6 Å². The molecule has 3 rings (SSSR count). The smallest absolute Gasteiger partial charge is 0.349 e. The van der Waals surface area contributed by atoms with Gasteiger partial charge in [0.15, 0.2) is 0 Å². The number of hydrogen-bond acceptors (Lipinski definition) is 8. The summed E-state index contributed by atoms with van der Waals surface area (Å²) >= 11 is 0.